The second-order valence-electron chi connectivity index (χ2n) is 5.11. The normalized spacial score (nSPS) is 14.2. The van der Waals surface area contributed by atoms with Gasteiger partial charge in [0.05, 0.1) is 24.5 Å². The van der Waals surface area contributed by atoms with Crippen LogP contribution in [0.25, 0.3) is 0 Å². The van der Waals surface area contributed by atoms with Crippen LogP contribution in [0.5, 0.6) is 0 Å². The molecule has 1 rings (SSSR count). The third kappa shape index (κ3) is 6.81. The number of carboxylic acid groups (broad SMARTS) is 2. The molecule has 0 aliphatic heterocycles. The van der Waals surface area contributed by atoms with Gasteiger partial charge in [0.1, 0.15) is 12.1 Å². The molecule has 0 aliphatic carbocycles. The zero-order chi connectivity index (χ0) is 19.0. The Balaban J connectivity index is 2.84. The number of hydrogen-bond acceptors (Lipinski definition) is 7. The minimum Gasteiger partial charge on any atom is -0.481 e. The summed E-state index contributed by atoms with van der Waals surface area (Å²) >= 11 is 3.84. The van der Waals surface area contributed by atoms with Gasteiger partial charge in [-0.15, -0.1) is 0 Å². The van der Waals surface area contributed by atoms with Crippen molar-refractivity contribution in [3.63, 3.8) is 0 Å². The summed E-state index contributed by atoms with van der Waals surface area (Å²) in [4.78, 5) is 52.5. The van der Waals surface area contributed by atoms with E-state index in [-0.39, 0.29) is 12.2 Å². The molecule has 0 fully saturated rings. The first-order valence-corrected chi connectivity index (χ1v) is 7.77. The number of nitrogens with two attached hydrogens (primary N) is 1. The number of carbonyl (C=O) groups excluding carboxylic acids is 2. The Morgan fingerprint density at radius 3 is 2.32 bits per heavy atom. The van der Waals surface area contributed by atoms with Crippen molar-refractivity contribution in [3.8, 4) is 0 Å². The summed E-state index contributed by atoms with van der Waals surface area (Å²) < 4.78 is 0. The van der Waals surface area contributed by atoms with Crippen molar-refractivity contribution in [2.45, 2.75) is 31.0 Å². The summed E-state index contributed by atoms with van der Waals surface area (Å²) in [6, 6.07) is -3.79. The first kappa shape index (κ1) is 20.4. The summed E-state index contributed by atoms with van der Waals surface area (Å²) in [5.41, 5.74) is 5.90. The molecule has 3 atom stereocenters. The molecule has 1 aromatic rings. The fourth-order valence-corrected chi connectivity index (χ4v) is 2.09. The van der Waals surface area contributed by atoms with E-state index in [9.17, 15) is 19.2 Å². The lowest BCUT2D eigenvalue weighted by Crippen LogP contribution is -2.55. The number of aliphatic carboxylic acids is 2. The number of nitrogens with zero attached hydrogens (tertiary/aromatic N) is 1. The number of carbonyl (C=O) groups is 4. The SMILES string of the molecule is N[C@@H](CC(=O)O)C(=O)N[C@@H](Cc1c[nH]cn1)C(=O)N[C@@H](CS)C(=O)O. The highest BCUT2D eigenvalue weighted by Gasteiger charge is 2.28. The fourth-order valence-electron chi connectivity index (χ4n) is 1.84. The number of carboxylic acids is 2. The molecule has 138 valence electrons. The molecule has 0 radical (unpaired) electrons. The molecule has 1 aromatic heterocycles. The zero-order valence-corrected chi connectivity index (χ0v) is 13.9. The second-order valence-corrected chi connectivity index (χ2v) is 5.48. The largest absolute Gasteiger partial charge is 0.481 e. The average molecular weight is 373 g/mol. The van der Waals surface area contributed by atoms with E-state index in [1.807, 2.05) is 0 Å². The van der Waals surface area contributed by atoms with Crippen molar-refractivity contribution in [3.05, 3.63) is 18.2 Å². The predicted octanol–water partition coefficient (Wildman–Crippen LogP) is -2.26. The number of nitrogens with one attached hydrogen (secondary N) is 3. The summed E-state index contributed by atoms with van der Waals surface area (Å²) in [5, 5.41) is 22.2. The molecule has 2 amide bonds. The van der Waals surface area contributed by atoms with Crippen molar-refractivity contribution in [2.24, 2.45) is 5.73 Å². The zero-order valence-electron chi connectivity index (χ0n) is 13.0. The Hall–Kier alpha value is -2.60. The van der Waals surface area contributed by atoms with Crippen molar-refractivity contribution in [1.29, 1.82) is 0 Å². The number of amides is 2. The number of thiol groups is 1. The Labute approximate surface area is 147 Å². The molecule has 0 aliphatic rings. The molecular weight excluding hydrogens is 354 g/mol. The number of aromatic amines is 1. The topological polar surface area (TPSA) is 188 Å². The van der Waals surface area contributed by atoms with Gasteiger partial charge in [-0.05, 0) is 0 Å². The van der Waals surface area contributed by atoms with Gasteiger partial charge < -0.3 is 31.6 Å². The van der Waals surface area contributed by atoms with Gasteiger partial charge in [-0.25, -0.2) is 9.78 Å². The lowest BCUT2D eigenvalue weighted by molar-refractivity contribution is -0.142. The maximum absolute atomic E-state index is 12.3. The number of H-pyrrole nitrogens is 1. The lowest BCUT2D eigenvalue weighted by Gasteiger charge is -2.21. The van der Waals surface area contributed by atoms with Gasteiger partial charge in [-0.2, -0.15) is 12.6 Å². The summed E-state index contributed by atoms with van der Waals surface area (Å²) in [6.45, 7) is 0. The lowest BCUT2D eigenvalue weighted by atomic mass is 10.1. The number of rotatable bonds is 10. The molecule has 0 bridgehead atoms. The third-order valence-electron chi connectivity index (χ3n) is 3.13. The van der Waals surface area contributed by atoms with E-state index in [4.69, 9.17) is 15.9 Å². The van der Waals surface area contributed by atoms with E-state index >= 15 is 0 Å². The van der Waals surface area contributed by atoms with Crippen LogP contribution in [0.4, 0.5) is 0 Å². The number of imidazole rings is 1. The van der Waals surface area contributed by atoms with Crippen molar-refractivity contribution in [1.82, 2.24) is 20.6 Å². The Bertz CT molecular complexity index is 622. The van der Waals surface area contributed by atoms with Gasteiger partial charge in [0.25, 0.3) is 0 Å². The molecule has 0 aromatic carbocycles. The van der Waals surface area contributed by atoms with Gasteiger partial charge in [0.2, 0.25) is 11.8 Å². The Morgan fingerprint density at radius 2 is 1.84 bits per heavy atom. The van der Waals surface area contributed by atoms with Crippen LogP contribution in [0.1, 0.15) is 12.1 Å². The fraction of sp³-hybridized carbons (Fsp3) is 0.462. The predicted molar refractivity (Wildman–Crippen MR) is 87.9 cm³/mol. The molecule has 25 heavy (non-hydrogen) atoms. The number of aromatic nitrogens is 2. The van der Waals surface area contributed by atoms with E-state index < -0.39 is 48.3 Å². The van der Waals surface area contributed by atoms with E-state index in [1.54, 1.807) is 0 Å². The molecule has 12 heteroatoms. The van der Waals surface area contributed by atoms with Crippen LogP contribution in [0.3, 0.4) is 0 Å². The monoisotopic (exact) mass is 373 g/mol. The minimum atomic E-state index is -1.35. The van der Waals surface area contributed by atoms with Crippen molar-refractivity contribution >= 4 is 36.4 Å². The molecule has 0 unspecified atom stereocenters. The van der Waals surface area contributed by atoms with Crippen LogP contribution in [-0.4, -0.2) is 67.8 Å². The molecule has 7 N–H and O–H groups in total. The van der Waals surface area contributed by atoms with E-state index in [0.717, 1.165) is 0 Å². The van der Waals surface area contributed by atoms with E-state index in [2.05, 4.69) is 33.2 Å². The van der Waals surface area contributed by atoms with Crippen LogP contribution >= 0.6 is 12.6 Å². The molecule has 1 heterocycles. The third-order valence-corrected chi connectivity index (χ3v) is 3.49. The van der Waals surface area contributed by atoms with Crippen molar-refractivity contribution in [2.75, 3.05) is 5.75 Å². The van der Waals surface area contributed by atoms with Gasteiger partial charge >= 0.3 is 11.9 Å². The van der Waals surface area contributed by atoms with Gasteiger partial charge in [0, 0.05) is 18.4 Å². The maximum atomic E-state index is 12.3. The molecule has 0 saturated heterocycles. The molecular formula is C13H19N5O6S. The Morgan fingerprint density at radius 1 is 1.20 bits per heavy atom. The van der Waals surface area contributed by atoms with Crippen LogP contribution in [0.15, 0.2) is 12.5 Å². The van der Waals surface area contributed by atoms with E-state index in [0.29, 0.717) is 5.69 Å². The summed E-state index contributed by atoms with van der Waals surface area (Å²) in [5.74, 6) is -4.33. The van der Waals surface area contributed by atoms with Gasteiger partial charge in [-0.3, -0.25) is 14.4 Å². The highest BCUT2D eigenvalue weighted by atomic mass is 32.1. The van der Waals surface area contributed by atoms with Crippen LogP contribution in [0.2, 0.25) is 0 Å². The summed E-state index contributed by atoms with van der Waals surface area (Å²) in [6.07, 6.45) is 2.21. The van der Waals surface area contributed by atoms with Crippen LogP contribution in [0, 0.1) is 0 Å². The molecule has 0 saturated carbocycles. The summed E-state index contributed by atoms with van der Waals surface area (Å²) in [7, 11) is 0. The maximum Gasteiger partial charge on any atom is 0.327 e. The minimum absolute atomic E-state index is 0.0419. The van der Waals surface area contributed by atoms with Crippen molar-refractivity contribution < 1.29 is 29.4 Å². The highest BCUT2D eigenvalue weighted by molar-refractivity contribution is 7.80. The van der Waals surface area contributed by atoms with Gasteiger partial charge in [0.15, 0.2) is 0 Å². The Kier molecular flexibility index (Phi) is 7.88. The van der Waals surface area contributed by atoms with Crippen LogP contribution in [-0.2, 0) is 25.6 Å². The smallest absolute Gasteiger partial charge is 0.327 e. The first-order chi connectivity index (χ1) is 11.7. The quantitative estimate of drug-likeness (QED) is 0.224. The molecule has 0 spiro atoms. The van der Waals surface area contributed by atoms with Gasteiger partial charge in [-0.1, -0.05) is 0 Å². The highest BCUT2D eigenvalue weighted by Crippen LogP contribution is 2.02. The average Bonchev–Trinajstić information content (AvgIpc) is 3.03. The second kappa shape index (κ2) is 9.64. The van der Waals surface area contributed by atoms with Crippen LogP contribution < -0.4 is 16.4 Å². The first-order valence-electron chi connectivity index (χ1n) is 7.14. The molecule has 11 nitrogen and oxygen atoms in total. The van der Waals surface area contributed by atoms with E-state index in [1.165, 1.54) is 12.5 Å². The number of hydrogen-bond donors (Lipinski definition) is 7. The standard InChI is InChI=1S/C13H19N5O6S/c14-7(2-10(19)20)11(21)17-8(1-6-3-15-5-16-6)12(22)18-9(4-25)13(23)24/h3,5,7-9,25H,1-2,4,14H2,(H,15,16)(H,17,21)(H,18,22)(H,19,20)(H,23,24)/t7-,8-,9-/m0/s1.